The van der Waals surface area contributed by atoms with Gasteiger partial charge in [0.1, 0.15) is 6.42 Å². The van der Waals surface area contributed by atoms with Crippen molar-refractivity contribution in [2.24, 2.45) is 0 Å². The van der Waals surface area contributed by atoms with Crippen molar-refractivity contribution in [1.29, 1.82) is 5.26 Å². The van der Waals surface area contributed by atoms with E-state index in [-0.39, 0.29) is 18.1 Å². The predicted octanol–water partition coefficient (Wildman–Crippen LogP) is 2.64. The maximum Gasteiger partial charge on any atom is 0.396 e. The molecule has 0 N–H and O–H groups in total. The molecule has 98 valence electrons. The van der Waals surface area contributed by atoms with Crippen LogP contribution in [0.25, 0.3) is 0 Å². The molecule has 0 radical (unpaired) electrons. The zero-order valence-corrected chi connectivity index (χ0v) is 9.61. The van der Waals surface area contributed by atoms with Crippen LogP contribution in [-0.2, 0) is 12.8 Å². The van der Waals surface area contributed by atoms with Crippen LogP contribution in [-0.4, -0.2) is 16.3 Å². The topological polar surface area (TPSA) is 62.7 Å². The Morgan fingerprint density at radius 3 is 2.47 bits per heavy atom. The normalized spacial score (nSPS) is 11.3. The monoisotopic (exact) mass is 267 g/mol. The summed E-state index contributed by atoms with van der Waals surface area (Å²) in [7, 11) is 0. The average Bonchev–Trinajstić information content (AvgIpc) is 2.75. The van der Waals surface area contributed by atoms with Gasteiger partial charge in [-0.3, -0.25) is 0 Å². The van der Waals surface area contributed by atoms with Crippen molar-refractivity contribution in [1.82, 2.24) is 10.1 Å². The van der Waals surface area contributed by atoms with E-state index >= 15 is 0 Å². The molecule has 0 bridgehead atoms. The van der Waals surface area contributed by atoms with Crippen molar-refractivity contribution in [3.05, 3.63) is 47.1 Å². The molecule has 0 spiro atoms. The van der Waals surface area contributed by atoms with Crippen molar-refractivity contribution in [2.75, 3.05) is 0 Å². The molecule has 0 aliphatic heterocycles. The zero-order chi connectivity index (χ0) is 13.9. The summed E-state index contributed by atoms with van der Waals surface area (Å²) in [6, 6.07) is 8.57. The number of alkyl halides is 3. The van der Waals surface area contributed by atoms with Gasteiger partial charge in [0.05, 0.1) is 18.1 Å². The van der Waals surface area contributed by atoms with Crippen LogP contribution in [0, 0.1) is 11.3 Å². The number of nitriles is 1. The van der Waals surface area contributed by atoms with E-state index in [1.807, 2.05) is 6.07 Å². The third-order valence-electron chi connectivity index (χ3n) is 2.31. The first kappa shape index (κ1) is 13.1. The predicted molar refractivity (Wildman–Crippen MR) is 58.0 cm³/mol. The standard InChI is InChI=1S/C12H8F3N3O/c13-12(14,15)6-10-17-11(19-18-10)5-8-1-3-9(7-16)4-2-8/h1-4H,5-6H2. The maximum absolute atomic E-state index is 12.1. The third-order valence-corrected chi connectivity index (χ3v) is 2.31. The van der Waals surface area contributed by atoms with Crippen LogP contribution in [0.2, 0.25) is 0 Å². The molecule has 0 fully saturated rings. The van der Waals surface area contributed by atoms with Gasteiger partial charge in [0.15, 0.2) is 5.82 Å². The van der Waals surface area contributed by atoms with Gasteiger partial charge in [-0.15, -0.1) is 0 Å². The molecule has 0 saturated heterocycles. The molecule has 2 rings (SSSR count). The Morgan fingerprint density at radius 1 is 1.21 bits per heavy atom. The molecule has 2 aromatic rings. The molecule has 0 unspecified atom stereocenters. The number of rotatable bonds is 3. The SMILES string of the molecule is N#Cc1ccc(Cc2nc(CC(F)(F)F)no2)cc1. The van der Waals surface area contributed by atoms with Crippen LogP contribution >= 0.6 is 0 Å². The highest BCUT2D eigenvalue weighted by atomic mass is 19.4. The number of hydrogen-bond donors (Lipinski definition) is 0. The minimum atomic E-state index is -4.35. The van der Waals surface area contributed by atoms with Crippen LogP contribution in [0.3, 0.4) is 0 Å². The van der Waals surface area contributed by atoms with Crippen LogP contribution < -0.4 is 0 Å². The van der Waals surface area contributed by atoms with Crippen molar-refractivity contribution in [3.63, 3.8) is 0 Å². The molecule has 19 heavy (non-hydrogen) atoms. The van der Waals surface area contributed by atoms with Gasteiger partial charge in [0.2, 0.25) is 5.89 Å². The first-order chi connectivity index (χ1) is 8.96. The molecule has 1 aromatic carbocycles. The van der Waals surface area contributed by atoms with Gasteiger partial charge in [-0.25, -0.2) is 0 Å². The van der Waals surface area contributed by atoms with Gasteiger partial charge in [-0.2, -0.15) is 23.4 Å². The summed E-state index contributed by atoms with van der Waals surface area (Å²) in [5, 5.41) is 11.9. The number of benzene rings is 1. The van der Waals surface area contributed by atoms with Gasteiger partial charge in [-0.05, 0) is 17.7 Å². The highest BCUT2D eigenvalue weighted by Crippen LogP contribution is 2.20. The molecular weight excluding hydrogens is 259 g/mol. The Labute approximate surface area is 106 Å². The summed E-state index contributed by atoms with van der Waals surface area (Å²) in [4.78, 5) is 3.67. The maximum atomic E-state index is 12.1. The zero-order valence-electron chi connectivity index (χ0n) is 9.61. The highest BCUT2D eigenvalue weighted by Gasteiger charge is 2.30. The van der Waals surface area contributed by atoms with E-state index in [1.165, 1.54) is 0 Å². The van der Waals surface area contributed by atoms with Gasteiger partial charge in [0.25, 0.3) is 0 Å². The first-order valence-corrected chi connectivity index (χ1v) is 5.33. The van der Waals surface area contributed by atoms with E-state index in [4.69, 9.17) is 9.78 Å². The van der Waals surface area contributed by atoms with E-state index in [0.717, 1.165) is 5.56 Å². The molecule has 0 aliphatic carbocycles. The lowest BCUT2D eigenvalue weighted by Crippen LogP contribution is -2.12. The largest absolute Gasteiger partial charge is 0.396 e. The van der Waals surface area contributed by atoms with Gasteiger partial charge < -0.3 is 4.52 Å². The lowest BCUT2D eigenvalue weighted by molar-refractivity contribution is -0.128. The highest BCUT2D eigenvalue weighted by molar-refractivity contribution is 5.32. The molecule has 0 saturated carbocycles. The Bertz CT molecular complexity index is 596. The second kappa shape index (κ2) is 5.10. The second-order valence-electron chi connectivity index (χ2n) is 3.88. The van der Waals surface area contributed by atoms with Gasteiger partial charge >= 0.3 is 6.18 Å². The van der Waals surface area contributed by atoms with Crippen molar-refractivity contribution < 1.29 is 17.7 Å². The summed E-state index contributed by atoms with van der Waals surface area (Å²) in [6.07, 6.45) is -5.32. The van der Waals surface area contributed by atoms with E-state index in [1.54, 1.807) is 24.3 Å². The Balaban J connectivity index is 2.05. The molecule has 7 heteroatoms. The van der Waals surface area contributed by atoms with Crippen molar-refractivity contribution in [3.8, 4) is 6.07 Å². The summed E-state index contributed by atoms with van der Waals surface area (Å²) >= 11 is 0. The lowest BCUT2D eigenvalue weighted by Gasteiger charge is -1.99. The van der Waals surface area contributed by atoms with Crippen molar-refractivity contribution in [2.45, 2.75) is 19.0 Å². The number of nitrogens with zero attached hydrogens (tertiary/aromatic N) is 3. The van der Waals surface area contributed by atoms with Crippen molar-refractivity contribution >= 4 is 0 Å². The number of aromatic nitrogens is 2. The summed E-state index contributed by atoms with van der Waals surface area (Å²) < 4.78 is 41.1. The first-order valence-electron chi connectivity index (χ1n) is 5.33. The fraction of sp³-hybridized carbons (Fsp3) is 0.250. The number of hydrogen-bond acceptors (Lipinski definition) is 4. The summed E-state index contributed by atoms with van der Waals surface area (Å²) in [6.45, 7) is 0. The van der Waals surface area contributed by atoms with Crippen LogP contribution in [0.4, 0.5) is 13.2 Å². The fourth-order valence-corrected chi connectivity index (χ4v) is 1.48. The van der Waals surface area contributed by atoms with Crippen LogP contribution in [0.5, 0.6) is 0 Å². The minimum Gasteiger partial charge on any atom is -0.339 e. The van der Waals surface area contributed by atoms with E-state index in [9.17, 15) is 13.2 Å². The van der Waals surface area contributed by atoms with E-state index in [0.29, 0.717) is 5.56 Å². The molecule has 1 heterocycles. The average molecular weight is 267 g/mol. The molecule has 4 nitrogen and oxygen atoms in total. The van der Waals surface area contributed by atoms with Crippen LogP contribution in [0.15, 0.2) is 28.8 Å². The van der Waals surface area contributed by atoms with Gasteiger partial charge in [-0.1, -0.05) is 17.3 Å². The molecule has 0 aliphatic rings. The van der Waals surface area contributed by atoms with Gasteiger partial charge in [0, 0.05) is 0 Å². The summed E-state index contributed by atoms with van der Waals surface area (Å²) in [5.41, 5.74) is 1.29. The Hall–Kier alpha value is -2.36. The quantitative estimate of drug-likeness (QED) is 0.857. The molecular formula is C12H8F3N3O. The van der Waals surface area contributed by atoms with E-state index in [2.05, 4.69) is 10.1 Å². The molecule has 0 atom stereocenters. The Morgan fingerprint density at radius 2 is 1.89 bits per heavy atom. The second-order valence-corrected chi connectivity index (χ2v) is 3.88. The van der Waals surface area contributed by atoms with Crippen LogP contribution in [0.1, 0.15) is 22.8 Å². The minimum absolute atomic E-state index is 0.115. The Kier molecular flexibility index (Phi) is 3.51. The number of halogens is 3. The van der Waals surface area contributed by atoms with E-state index < -0.39 is 12.6 Å². The third kappa shape index (κ3) is 3.81. The summed E-state index contributed by atoms with van der Waals surface area (Å²) in [5.74, 6) is -0.264. The smallest absolute Gasteiger partial charge is 0.339 e. The fourth-order valence-electron chi connectivity index (χ4n) is 1.48. The molecule has 1 aromatic heterocycles. The molecule has 0 amide bonds. The lowest BCUT2D eigenvalue weighted by atomic mass is 10.1.